The summed E-state index contributed by atoms with van der Waals surface area (Å²) < 4.78 is 10.6. The van der Waals surface area contributed by atoms with Gasteiger partial charge in [0.05, 0.1) is 7.11 Å². The Labute approximate surface area is 87.8 Å². The zero-order chi connectivity index (χ0) is 9.97. The highest BCUT2D eigenvalue weighted by Crippen LogP contribution is 2.33. The molecule has 0 saturated carbocycles. The van der Waals surface area contributed by atoms with Gasteiger partial charge in [-0.15, -0.1) is 0 Å². The van der Waals surface area contributed by atoms with E-state index in [-0.39, 0.29) is 6.04 Å². The van der Waals surface area contributed by atoms with Gasteiger partial charge < -0.3 is 14.7 Å². The maximum absolute atomic E-state index is 5.84. The van der Waals surface area contributed by atoms with Gasteiger partial charge in [-0.25, -0.2) is 0 Å². The first-order chi connectivity index (χ1) is 6.81. The number of ether oxygens (including phenoxy) is 1. The summed E-state index contributed by atoms with van der Waals surface area (Å²) in [7, 11) is 1.66. The van der Waals surface area contributed by atoms with Crippen LogP contribution in [0.2, 0.25) is 0 Å². The fourth-order valence-corrected chi connectivity index (χ4v) is 2.17. The molecule has 0 radical (unpaired) electrons. The summed E-state index contributed by atoms with van der Waals surface area (Å²) in [6.45, 7) is 0.605. The molecule has 1 aromatic rings. The molecule has 1 heterocycles. The van der Waals surface area contributed by atoms with E-state index >= 15 is 0 Å². The van der Waals surface area contributed by atoms with Crippen LogP contribution in [0.4, 0.5) is 0 Å². The number of benzene rings is 1. The summed E-state index contributed by atoms with van der Waals surface area (Å²) in [6, 6.07) is 6.06. The van der Waals surface area contributed by atoms with Gasteiger partial charge in [0.2, 0.25) is 0 Å². The normalized spacial score (nSPS) is 20.0. The van der Waals surface area contributed by atoms with Gasteiger partial charge in [-0.1, -0.05) is 6.07 Å². The lowest BCUT2D eigenvalue weighted by Gasteiger charge is -2.23. The number of rotatable bonds is 2. The Morgan fingerprint density at radius 2 is 2.43 bits per heavy atom. The SMILES string of the molecule is COSc1cccc2c1CC(N)CO2. The van der Waals surface area contributed by atoms with E-state index in [9.17, 15) is 0 Å². The number of hydrogen-bond acceptors (Lipinski definition) is 4. The molecule has 0 bridgehead atoms. The summed E-state index contributed by atoms with van der Waals surface area (Å²) in [5.41, 5.74) is 7.00. The van der Waals surface area contributed by atoms with Crippen molar-refractivity contribution in [1.82, 2.24) is 0 Å². The van der Waals surface area contributed by atoms with Crippen LogP contribution in [0.1, 0.15) is 5.56 Å². The van der Waals surface area contributed by atoms with Gasteiger partial charge in [0.1, 0.15) is 12.4 Å². The Balaban J connectivity index is 2.33. The van der Waals surface area contributed by atoms with Gasteiger partial charge in [-0.3, -0.25) is 0 Å². The minimum absolute atomic E-state index is 0.0982. The molecule has 2 N–H and O–H groups in total. The van der Waals surface area contributed by atoms with Crippen LogP contribution < -0.4 is 10.5 Å². The van der Waals surface area contributed by atoms with E-state index in [0.29, 0.717) is 6.61 Å². The van der Waals surface area contributed by atoms with Crippen LogP contribution in [0.25, 0.3) is 0 Å². The second kappa shape index (κ2) is 4.21. The molecular weight excluding hydrogens is 198 g/mol. The average Bonchev–Trinajstić information content (AvgIpc) is 2.19. The highest BCUT2D eigenvalue weighted by molar-refractivity contribution is 7.94. The van der Waals surface area contributed by atoms with E-state index in [2.05, 4.69) is 0 Å². The van der Waals surface area contributed by atoms with Gasteiger partial charge in [0.15, 0.2) is 0 Å². The molecule has 1 atom stereocenters. The highest BCUT2D eigenvalue weighted by Gasteiger charge is 2.19. The van der Waals surface area contributed by atoms with Crippen molar-refractivity contribution >= 4 is 12.0 Å². The first-order valence-electron chi connectivity index (χ1n) is 4.52. The Morgan fingerprint density at radius 1 is 1.57 bits per heavy atom. The summed E-state index contributed by atoms with van der Waals surface area (Å²) in [5.74, 6) is 0.939. The minimum atomic E-state index is 0.0982. The Kier molecular flexibility index (Phi) is 2.96. The molecule has 0 amide bonds. The van der Waals surface area contributed by atoms with Gasteiger partial charge in [0.25, 0.3) is 0 Å². The summed E-state index contributed by atoms with van der Waals surface area (Å²) in [4.78, 5) is 1.10. The third kappa shape index (κ3) is 1.87. The topological polar surface area (TPSA) is 44.5 Å². The van der Waals surface area contributed by atoms with Crippen molar-refractivity contribution in [2.24, 2.45) is 5.73 Å². The predicted octanol–water partition coefficient (Wildman–Crippen LogP) is 1.60. The van der Waals surface area contributed by atoms with Crippen LogP contribution in [0.5, 0.6) is 5.75 Å². The Bertz CT molecular complexity index is 330. The van der Waals surface area contributed by atoms with E-state index in [1.54, 1.807) is 7.11 Å². The third-order valence-electron chi connectivity index (χ3n) is 2.18. The lowest BCUT2D eigenvalue weighted by molar-refractivity contribution is 0.261. The molecule has 0 aromatic heterocycles. The van der Waals surface area contributed by atoms with Crippen LogP contribution in [0, 0.1) is 0 Å². The van der Waals surface area contributed by atoms with Crippen LogP contribution >= 0.6 is 12.0 Å². The van der Waals surface area contributed by atoms with Crippen molar-refractivity contribution in [2.75, 3.05) is 13.7 Å². The fourth-order valence-electron chi connectivity index (χ4n) is 1.57. The molecule has 0 saturated heterocycles. The summed E-state index contributed by atoms with van der Waals surface area (Å²) in [6.07, 6.45) is 0.863. The zero-order valence-electron chi connectivity index (χ0n) is 8.03. The first-order valence-corrected chi connectivity index (χ1v) is 5.26. The smallest absolute Gasteiger partial charge is 0.123 e. The van der Waals surface area contributed by atoms with E-state index < -0.39 is 0 Å². The molecule has 0 spiro atoms. The van der Waals surface area contributed by atoms with Crippen molar-refractivity contribution in [3.63, 3.8) is 0 Å². The standard InChI is InChI=1S/C10H13NO2S/c1-12-14-10-4-2-3-9-8(10)5-7(11)6-13-9/h2-4,7H,5-6,11H2,1H3. The molecule has 2 rings (SSSR count). The van der Waals surface area contributed by atoms with Crippen molar-refractivity contribution < 1.29 is 8.92 Å². The van der Waals surface area contributed by atoms with Gasteiger partial charge >= 0.3 is 0 Å². The van der Waals surface area contributed by atoms with Crippen LogP contribution in [-0.4, -0.2) is 19.8 Å². The molecule has 1 aliphatic heterocycles. The van der Waals surface area contributed by atoms with E-state index in [1.807, 2.05) is 18.2 Å². The van der Waals surface area contributed by atoms with E-state index in [0.717, 1.165) is 22.6 Å². The Hall–Kier alpha value is -0.710. The molecule has 3 nitrogen and oxygen atoms in total. The molecule has 0 fully saturated rings. The highest BCUT2D eigenvalue weighted by atomic mass is 32.2. The van der Waals surface area contributed by atoms with Crippen LogP contribution in [0.3, 0.4) is 0 Å². The summed E-state index contributed by atoms with van der Waals surface area (Å²) >= 11 is 1.36. The molecule has 14 heavy (non-hydrogen) atoms. The zero-order valence-corrected chi connectivity index (χ0v) is 8.84. The van der Waals surface area contributed by atoms with Crippen LogP contribution in [0.15, 0.2) is 23.1 Å². The predicted molar refractivity (Wildman–Crippen MR) is 56.5 cm³/mol. The maximum Gasteiger partial charge on any atom is 0.123 e. The van der Waals surface area contributed by atoms with E-state index in [1.165, 1.54) is 12.0 Å². The summed E-state index contributed by atoms with van der Waals surface area (Å²) in [5, 5.41) is 0. The molecule has 4 heteroatoms. The fraction of sp³-hybridized carbons (Fsp3) is 0.400. The maximum atomic E-state index is 5.84. The minimum Gasteiger partial charge on any atom is -0.492 e. The van der Waals surface area contributed by atoms with Gasteiger partial charge in [0, 0.05) is 28.5 Å². The molecule has 1 aromatic carbocycles. The average molecular weight is 211 g/mol. The van der Waals surface area contributed by atoms with Gasteiger partial charge in [-0.05, 0) is 18.6 Å². The molecular formula is C10H13NO2S. The van der Waals surface area contributed by atoms with Crippen molar-refractivity contribution in [3.05, 3.63) is 23.8 Å². The van der Waals surface area contributed by atoms with Crippen molar-refractivity contribution in [1.29, 1.82) is 0 Å². The monoisotopic (exact) mass is 211 g/mol. The third-order valence-corrected chi connectivity index (χ3v) is 2.91. The molecule has 1 aliphatic rings. The van der Waals surface area contributed by atoms with E-state index in [4.69, 9.17) is 14.7 Å². The lowest BCUT2D eigenvalue weighted by Crippen LogP contribution is -2.34. The second-order valence-electron chi connectivity index (χ2n) is 3.26. The molecule has 1 unspecified atom stereocenters. The number of fused-ring (bicyclic) bond motifs is 1. The number of hydrogen-bond donors (Lipinski definition) is 1. The molecule has 0 aliphatic carbocycles. The Morgan fingerprint density at radius 3 is 3.21 bits per heavy atom. The molecule has 76 valence electrons. The van der Waals surface area contributed by atoms with Crippen molar-refractivity contribution in [3.8, 4) is 5.75 Å². The van der Waals surface area contributed by atoms with Gasteiger partial charge in [-0.2, -0.15) is 0 Å². The largest absolute Gasteiger partial charge is 0.492 e. The first kappa shape index (κ1) is 9.83. The lowest BCUT2D eigenvalue weighted by atomic mass is 10.0. The second-order valence-corrected chi connectivity index (χ2v) is 4.20. The van der Waals surface area contributed by atoms with Crippen molar-refractivity contribution in [2.45, 2.75) is 17.4 Å². The quantitative estimate of drug-likeness (QED) is 0.755. The van der Waals surface area contributed by atoms with Crippen LogP contribution in [-0.2, 0) is 10.6 Å². The number of nitrogens with two attached hydrogens (primary N) is 1.